The first kappa shape index (κ1) is 13.0. The van der Waals surface area contributed by atoms with Gasteiger partial charge in [-0.1, -0.05) is 30.3 Å². The lowest BCUT2D eigenvalue weighted by Crippen LogP contribution is -2.30. The van der Waals surface area contributed by atoms with Gasteiger partial charge in [-0.2, -0.15) is 0 Å². The second kappa shape index (κ2) is 5.91. The monoisotopic (exact) mass is 257 g/mol. The van der Waals surface area contributed by atoms with Crippen LogP contribution in [0, 0.1) is 0 Å². The summed E-state index contributed by atoms with van der Waals surface area (Å²) in [5.41, 5.74) is 5.18. The predicted molar refractivity (Wildman–Crippen MR) is 72.2 cm³/mol. The van der Waals surface area contributed by atoms with E-state index < -0.39 is 12.0 Å². The number of primary amides is 1. The van der Waals surface area contributed by atoms with Gasteiger partial charge in [-0.25, -0.2) is 0 Å². The summed E-state index contributed by atoms with van der Waals surface area (Å²) in [5.74, 6) is 1.21. The van der Waals surface area contributed by atoms with Gasteiger partial charge in [0, 0.05) is 0 Å². The minimum absolute atomic E-state index is 0.484. The van der Waals surface area contributed by atoms with Crippen molar-refractivity contribution in [3.05, 3.63) is 54.6 Å². The summed E-state index contributed by atoms with van der Waals surface area (Å²) in [6.45, 7) is 1.60. The molecule has 2 rings (SSSR count). The molecule has 0 aliphatic heterocycles. The van der Waals surface area contributed by atoms with Crippen LogP contribution in [0.1, 0.15) is 6.92 Å². The first-order valence-electron chi connectivity index (χ1n) is 5.94. The van der Waals surface area contributed by atoms with Crippen molar-refractivity contribution >= 4 is 5.91 Å². The Morgan fingerprint density at radius 1 is 1.00 bits per heavy atom. The first-order valence-corrected chi connectivity index (χ1v) is 5.94. The fourth-order valence-electron chi connectivity index (χ4n) is 1.50. The summed E-state index contributed by atoms with van der Waals surface area (Å²) in [5, 5.41) is 0. The molecule has 0 aliphatic carbocycles. The van der Waals surface area contributed by atoms with Crippen LogP contribution in [0.25, 0.3) is 0 Å². The molecule has 0 radical (unpaired) electrons. The quantitative estimate of drug-likeness (QED) is 0.895. The second-order valence-electron chi connectivity index (χ2n) is 4.02. The third kappa shape index (κ3) is 3.48. The van der Waals surface area contributed by atoms with Gasteiger partial charge in [-0.15, -0.1) is 0 Å². The molecule has 0 spiro atoms. The molecule has 98 valence electrons. The molecular formula is C15H15NO3. The molecule has 0 fully saturated rings. The van der Waals surface area contributed by atoms with Gasteiger partial charge in [0.05, 0.1) is 0 Å². The zero-order valence-electron chi connectivity index (χ0n) is 10.6. The van der Waals surface area contributed by atoms with Crippen LogP contribution in [0.5, 0.6) is 17.2 Å². The molecule has 1 amide bonds. The predicted octanol–water partition coefficient (Wildman–Crippen LogP) is 2.73. The van der Waals surface area contributed by atoms with Crippen molar-refractivity contribution in [2.24, 2.45) is 5.73 Å². The topological polar surface area (TPSA) is 61.6 Å². The minimum Gasteiger partial charge on any atom is -0.477 e. The molecule has 2 aromatic carbocycles. The Morgan fingerprint density at radius 3 is 2.21 bits per heavy atom. The van der Waals surface area contributed by atoms with Gasteiger partial charge in [-0.3, -0.25) is 4.79 Å². The fourth-order valence-corrected chi connectivity index (χ4v) is 1.50. The third-order valence-electron chi connectivity index (χ3n) is 2.52. The van der Waals surface area contributed by atoms with E-state index in [1.165, 1.54) is 0 Å². The Morgan fingerprint density at radius 2 is 1.58 bits per heavy atom. The van der Waals surface area contributed by atoms with E-state index in [0.29, 0.717) is 17.2 Å². The van der Waals surface area contributed by atoms with Crippen molar-refractivity contribution < 1.29 is 14.3 Å². The van der Waals surface area contributed by atoms with Gasteiger partial charge in [0.2, 0.25) is 0 Å². The van der Waals surface area contributed by atoms with Crippen molar-refractivity contribution in [2.75, 3.05) is 0 Å². The van der Waals surface area contributed by atoms with Crippen molar-refractivity contribution in [1.29, 1.82) is 0 Å². The zero-order chi connectivity index (χ0) is 13.7. The Kier molecular flexibility index (Phi) is 4.03. The highest BCUT2D eigenvalue weighted by Gasteiger charge is 2.13. The number of carbonyl (C=O) groups excluding carboxylic acids is 1. The van der Waals surface area contributed by atoms with Crippen molar-refractivity contribution in [3.8, 4) is 17.2 Å². The van der Waals surface area contributed by atoms with Crippen LogP contribution >= 0.6 is 0 Å². The van der Waals surface area contributed by atoms with E-state index >= 15 is 0 Å². The summed E-state index contributed by atoms with van der Waals surface area (Å²) in [6, 6.07) is 16.5. The molecule has 19 heavy (non-hydrogen) atoms. The molecule has 0 aromatic heterocycles. The first-order chi connectivity index (χ1) is 9.16. The van der Waals surface area contributed by atoms with E-state index in [2.05, 4.69) is 0 Å². The lowest BCUT2D eigenvalue weighted by molar-refractivity contribution is -0.124. The number of ether oxygens (including phenoxy) is 2. The highest BCUT2D eigenvalue weighted by molar-refractivity contribution is 5.78. The number of amides is 1. The Labute approximate surface area is 111 Å². The number of hydrogen-bond donors (Lipinski definition) is 1. The molecule has 2 aromatic rings. The lowest BCUT2D eigenvalue weighted by Gasteiger charge is -2.15. The van der Waals surface area contributed by atoms with Crippen LogP contribution in [-0.2, 0) is 4.79 Å². The smallest absolute Gasteiger partial charge is 0.258 e. The Bertz CT molecular complexity index is 554. The van der Waals surface area contributed by atoms with Crippen LogP contribution in [0.2, 0.25) is 0 Å². The molecule has 4 nitrogen and oxygen atoms in total. The van der Waals surface area contributed by atoms with E-state index in [-0.39, 0.29) is 0 Å². The third-order valence-corrected chi connectivity index (χ3v) is 2.52. The van der Waals surface area contributed by atoms with E-state index in [4.69, 9.17) is 15.2 Å². The summed E-state index contributed by atoms with van der Waals surface area (Å²) < 4.78 is 11.2. The largest absolute Gasteiger partial charge is 0.477 e. The number of nitrogens with two attached hydrogens (primary N) is 1. The van der Waals surface area contributed by atoms with Crippen molar-refractivity contribution in [3.63, 3.8) is 0 Å². The summed E-state index contributed by atoms with van der Waals surface area (Å²) in [6.07, 6.45) is -0.708. The molecule has 0 heterocycles. The SMILES string of the molecule is CC(Oc1ccccc1Oc1ccccc1)C(N)=O. The number of hydrogen-bond acceptors (Lipinski definition) is 3. The zero-order valence-corrected chi connectivity index (χ0v) is 10.6. The normalized spacial score (nSPS) is 11.6. The van der Waals surface area contributed by atoms with Crippen molar-refractivity contribution in [1.82, 2.24) is 0 Å². The highest BCUT2D eigenvalue weighted by atomic mass is 16.5. The molecule has 1 unspecified atom stereocenters. The molecule has 2 N–H and O–H groups in total. The number of rotatable bonds is 5. The Hall–Kier alpha value is -2.49. The van der Waals surface area contributed by atoms with Gasteiger partial charge >= 0.3 is 0 Å². The molecule has 0 saturated carbocycles. The molecule has 0 bridgehead atoms. The molecular weight excluding hydrogens is 242 g/mol. The number of para-hydroxylation sites is 3. The second-order valence-corrected chi connectivity index (χ2v) is 4.02. The maximum Gasteiger partial charge on any atom is 0.258 e. The maximum absolute atomic E-state index is 11.0. The number of benzene rings is 2. The number of carbonyl (C=O) groups is 1. The molecule has 1 atom stereocenters. The molecule has 4 heteroatoms. The van der Waals surface area contributed by atoms with E-state index in [1.54, 1.807) is 25.1 Å². The van der Waals surface area contributed by atoms with Crippen LogP contribution in [0.4, 0.5) is 0 Å². The molecule has 0 aliphatic rings. The average molecular weight is 257 g/mol. The summed E-state index contributed by atoms with van der Waals surface area (Å²) in [4.78, 5) is 11.0. The fraction of sp³-hybridized carbons (Fsp3) is 0.133. The van der Waals surface area contributed by atoms with Gasteiger partial charge < -0.3 is 15.2 Å². The van der Waals surface area contributed by atoms with Gasteiger partial charge in [0.1, 0.15) is 5.75 Å². The highest BCUT2D eigenvalue weighted by Crippen LogP contribution is 2.31. The summed E-state index contributed by atoms with van der Waals surface area (Å²) >= 11 is 0. The Balaban J connectivity index is 2.19. The van der Waals surface area contributed by atoms with Crippen LogP contribution in [-0.4, -0.2) is 12.0 Å². The lowest BCUT2D eigenvalue weighted by atomic mass is 10.3. The van der Waals surface area contributed by atoms with Gasteiger partial charge in [0.25, 0.3) is 5.91 Å². The summed E-state index contributed by atoms with van der Waals surface area (Å²) in [7, 11) is 0. The van der Waals surface area contributed by atoms with E-state index in [1.807, 2.05) is 36.4 Å². The van der Waals surface area contributed by atoms with Crippen LogP contribution in [0.15, 0.2) is 54.6 Å². The van der Waals surface area contributed by atoms with E-state index in [0.717, 1.165) is 0 Å². The van der Waals surface area contributed by atoms with Crippen LogP contribution < -0.4 is 15.2 Å². The van der Waals surface area contributed by atoms with Gasteiger partial charge in [0.15, 0.2) is 17.6 Å². The average Bonchev–Trinajstić information content (AvgIpc) is 2.42. The van der Waals surface area contributed by atoms with E-state index in [9.17, 15) is 4.79 Å². The van der Waals surface area contributed by atoms with Crippen LogP contribution in [0.3, 0.4) is 0 Å². The maximum atomic E-state index is 11.0. The van der Waals surface area contributed by atoms with Gasteiger partial charge in [-0.05, 0) is 31.2 Å². The minimum atomic E-state index is -0.708. The molecule has 0 saturated heterocycles. The standard InChI is InChI=1S/C15H15NO3/c1-11(15(16)17)18-13-9-5-6-10-14(13)19-12-7-3-2-4-8-12/h2-11H,1H3,(H2,16,17). The van der Waals surface area contributed by atoms with Crippen molar-refractivity contribution in [2.45, 2.75) is 13.0 Å².